The number of fused-ring (bicyclic) bond motifs is 1. The molecule has 4 nitrogen and oxygen atoms in total. The number of aromatic nitrogens is 2. The molecule has 6 heteroatoms. The number of halogens is 2. The van der Waals surface area contributed by atoms with Gasteiger partial charge in [-0.3, -0.25) is 4.79 Å². The van der Waals surface area contributed by atoms with Crippen molar-refractivity contribution in [3.8, 4) is 5.69 Å². The van der Waals surface area contributed by atoms with Crippen LogP contribution in [0, 0.1) is 11.6 Å². The van der Waals surface area contributed by atoms with Gasteiger partial charge in [-0.1, -0.05) is 12.1 Å². The summed E-state index contributed by atoms with van der Waals surface area (Å²) in [6.45, 7) is 0. The zero-order valence-electron chi connectivity index (χ0n) is 12.5. The number of hydrogen-bond acceptors (Lipinski definition) is 2. The molecular formula is C18H13F2N3O. The zero-order valence-corrected chi connectivity index (χ0v) is 12.5. The quantitative estimate of drug-likeness (QED) is 0.782. The Balaban J connectivity index is 1.81. The molecular weight excluding hydrogens is 312 g/mol. The number of nitrogens with one attached hydrogen (secondary N) is 1. The first-order valence-electron chi connectivity index (χ1n) is 7.51. The minimum atomic E-state index is -0.346. The number of carbonyl (C=O) groups excluding carboxylic acids is 1. The van der Waals surface area contributed by atoms with Crippen LogP contribution in [-0.4, -0.2) is 15.7 Å². The summed E-state index contributed by atoms with van der Waals surface area (Å²) in [5, 5.41) is 7.13. The van der Waals surface area contributed by atoms with Crippen molar-refractivity contribution in [2.24, 2.45) is 0 Å². The summed E-state index contributed by atoms with van der Waals surface area (Å²) in [4.78, 5) is 12.1. The maximum atomic E-state index is 13.5. The van der Waals surface area contributed by atoms with E-state index >= 15 is 0 Å². The first-order valence-corrected chi connectivity index (χ1v) is 7.51. The van der Waals surface area contributed by atoms with Gasteiger partial charge in [0.05, 0.1) is 11.9 Å². The van der Waals surface area contributed by atoms with Gasteiger partial charge in [0.15, 0.2) is 0 Å². The van der Waals surface area contributed by atoms with Gasteiger partial charge in [0.2, 0.25) is 5.91 Å². The molecule has 2 aromatic carbocycles. The van der Waals surface area contributed by atoms with E-state index in [-0.39, 0.29) is 29.9 Å². The Hall–Kier alpha value is -3.02. The Morgan fingerprint density at radius 2 is 1.88 bits per heavy atom. The van der Waals surface area contributed by atoms with E-state index in [0.29, 0.717) is 11.5 Å². The van der Waals surface area contributed by atoms with Crippen LogP contribution < -0.4 is 5.32 Å². The summed E-state index contributed by atoms with van der Waals surface area (Å²) < 4.78 is 28.2. The van der Waals surface area contributed by atoms with E-state index in [2.05, 4.69) is 10.4 Å². The van der Waals surface area contributed by atoms with Crippen LogP contribution in [0.5, 0.6) is 0 Å². The van der Waals surface area contributed by atoms with Crippen LogP contribution in [0.15, 0.2) is 54.7 Å². The maximum Gasteiger partial charge on any atom is 0.226 e. The summed E-state index contributed by atoms with van der Waals surface area (Å²) in [5.74, 6) is -0.584. The van der Waals surface area contributed by atoms with Crippen LogP contribution in [-0.2, 0) is 4.79 Å². The number of anilines is 1. The monoisotopic (exact) mass is 325 g/mol. The third-order valence-corrected chi connectivity index (χ3v) is 4.14. The van der Waals surface area contributed by atoms with Crippen LogP contribution in [0.1, 0.15) is 23.5 Å². The molecule has 0 spiro atoms. The predicted octanol–water partition coefficient (Wildman–Crippen LogP) is 3.62. The van der Waals surface area contributed by atoms with Gasteiger partial charge in [0.1, 0.15) is 17.5 Å². The molecule has 2 heterocycles. The normalized spacial score (nSPS) is 16.6. The van der Waals surface area contributed by atoms with E-state index in [4.69, 9.17) is 0 Å². The smallest absolute Gasteiger partial charge is 0.226 e. The molecule has 0 radical (unpaired) electrons. The predicted molar refractivity (Wildman–Crippen MR) is 85.0 cm³/mol. The third kappa shape index (κ3) is 2.46. The Morgan fingerprint density at radius 3 is 2.62 bits per heavy atom. The van der Waals surface area contributed by atoms with E-state index in [1.807, 2.05) is 0 Å². The second-order valence-corrected chi connectivity index (χ2v) is 5.70. The van der Waals surface area contributed by atoms with Crippen molar-refractivity contribution < 1.29 is 13.6 Å². The standard InChI is InChI=1S/C18H13F2N3O/c19-12-4-6-14(7-5-12)23-18-16(10-21-23)15(9-17(24)22-18)11-2-1-3-13(20)8-11/h1-8,10,15H,9H2,(H,22,24)/t15-/m0/s1. The Bertz CT molecular complexity index is 918. The molecule has 1 N–H and O–H groups in total. The molecule has 4 rings (SSSR count). The maximum absolute atomic E-state index is 13.5. The van der Waals surface area contributed by atoms with Crippen molar-refractivity contribution in [2.75, 3.05) is 5.32 Å². The first kappa shape index (κ1) is 14.6. The fourth-order valence-corrected chi connectivity index (χ4v) is 3.02. The molecule has 0 fully saturated rings. The van der Waals surface area contributed by atoms with Gasteiger partial charge in [-0.05, 0) is 42.0 Å². The van der Waals surface area contributed by atoms with Crippen molar-refractivity contribution in [1.82, 2.24) is 9.78 Å². The Morgan fingerprint density at radius 1 is 1.08 bits per heavy atom. The van der Waals surface area contributed by atoms with E-state index < -0.39 is 0 Å². The molecule has 0 unspecified atom stereocenters. The zero-order chi connectivity index (χ0) is 16.7. The highest BCUT2D eigenvalue weighted by Gasteiger charge is 2.30. The summed E-state index contributed by atoms with van der Waals surface area (Å²) >= 11 is 0. The van der Waals surface area contributed by atoms with E-state index in [1.165, 1.54) is 24.3 Å². The minimum absolute atomic E-state index is 0.166. The van der Waals surface area contributed by atoms with Crippen molar-refractivity contribution in [1.29, 1.82) is 0 Å². The highest BCUT2D eigenvalue weighted by atomic mass is 19.1. The van der Waals surface area contributed by atoms with Gasteiger partial charge in [0, 0.05) is 17.9 Å². The molecule has 0 bridgehead atoms. The highest BCUT2D eigenvalue weighted by molar-refractivity contribution is 5.94. The molecule has 0 aliphatic carbocycles. The molecule has 3 aromatic rings. The topological polar surface area (TPSA) is 46.9 Å². The number of nitrogens with zero attached hydrogens (tertiary/aromatic N) is 2. The van der Waals surface area contributed by atoms with Crippen molar-refractivity contribution >= 4 is 11.7 Å². The van der Waals surface area contributed by atoms with Crippen LogP contribution in [0.4, 0.5) is 14.6 Å². The average Bonchev–Trinajstić information content (AvgIpc) is 2.98. The average molecular weight is 325 g/mol. The number of rotatable bonds is 2. The Kier molecular flexibility index (Phi) is 3.37. The largest absolute Gasteiger partial charge is 0.310 e. The second kappa shape index (κ2) is 5.56. The second-order valence-electron chi connectivity index (χ2n) is 5.70. The highest BCUT2D eigenvalue weighted by Crippen LogP contribution is 2.38. The lowest BCUT2D eigenvalue weighted by atomic mass is 9.87. The first-order chi connectivity index (χ1) is 11.6. The van der Waals surface area contributed by atoms with Crippen molar-refractivity contribution in [3.63, 3.8) is 0 Å². The molecule has 1 aliphatic rings. The lowest BCUT2D eigenvalue weighted by Crippen LogP contribution is -2.24. The molecule has 1 atom stereocenters. The van der Waals surface area contributed by atoms with E-state index in [9.17, 15) is 13.6 Å². The van der Waals surface area contributed by atoms with Gasteiger partial charge in [-0.15, -0.1) is 0 Å². The van der Waals surface area contributed by atoms with Crippen molar-refractivity contribution in [3.05, 3.63) is 77.5 Å². The van der Waals surface area contributed by atoms with Gasteiger partial charge in [-0.2, -0.15) is 5.10 Å². The van der Waals surface area contributed by atoms with Crippen molar-refractivity contribution in [2.45, 2.75) is 12.3 Å². The van der Waals surface area contributed by atoms with Gasteiger partial charge < -0.3 is 5.32 Å². The molecule has 1 aliphatic heterocycles. The summed E-state index contributed by atoms with van der Waals surface area (Å²) in [7, 11) is 0. The lowest BCUT2D eigenvalue weighted by molar-refractivity contribution is -0.116. The number of amides is 1. The molecule has 120 valence electrons. The minimum Gasteiger partial charge on any atom is -0.310 e. The van der Waals surface area contributed by atoms with Gasteiger partial charge in [-0.25, -0.2) is 13.5 Å². The lowest BCUT2D eigenvalue weighted by Gasteiger charge is -2.23. The number of carbonyl (C=O) groups is 1. The fourth-order valence-electron chi connectivity index (χ4n) is 3.02. The number of benzene rings is 2. The number of hydrogen-bond donors (Lipinski definition) is 1. The fraction of sp³-hybridized carbons (Fsp3) is 0.111. The van der Waals surface area contributed by atoms with Crippen LogP contribution in [0.25, 0.3) is 5.69 Å². The molecule has 0 saturated heterocycles. The van der Waals surface area contributed by atoms with Crippen LogP contribution in [0.2, 0.25) is 0 Å². The van der Waals surface area contributed by atoms with Crippen LogP contribution >= 0.6 is 0 Å². The Labute approximate surface area is 136 Å². The van der Waals surface area contributed by atoms with Crippen LogP contribution in [0.3, 0.4) is 0 Å². The molecule has 1 amide bonds. The summed E-state index contributed by atoms with van der Waals surface area (Å²) in [5.41, 5.74) is 2.17. The molecule has 24 heavy (non-hydrogen) atoms. The van der Waals surface area contributed by atoms with E-state index in [1.54, 1.807) is 35.1 Å². The SMILES string of the molecule is O=C1C[C@@H](c2cccc(F)c2)c2cnn(-c3ccc(F)cc3)c2N1. The van der Waals surface area contributed by atoms with Gasteiger partial charge in [0.25, 0.3) is 0 Å². The third-order valence-electron chi connectivity index (χ3n) is 4.14. The molecule has 1 aromatic heterocycles. The summed E-state index contributed by atoms with van der Waals surface area (Å²) in [6, 6.07) is 12.1. The molecule has 0 saturated carbocycles. The van der Waals surface area contributed by atoms with E-state index in [0.717, 1.165) is 11.1 Å². The van der Waals surface area contributed by atoms with Gasteiger partial charge >= 0.3 is 0 Å². The summed E-state index contributed by atoms with van der Waals surface area (Å²) in [6.07, 6.45) is 1.89.